The first kappa shape index (κ1) is 13.1. The number of carbonyl (C=O) groups excluding carboxylic acids is 1. The van der Waals surface area contributed by atoms with Crippen molar-refractivity contribution >= 4 is 5.91 Å². The van der Waals surface area contributed by atoms with Crippen molar-refractivity contribution in [1.29, 1.82) is 0 Å². The number of nitrogens with one attached hydrogen (secondary N) is 1. The van der Waals surface area contributed by atoms with Crippen molar-refractivity contribution in [3.05, 3.63) is 24.2 Å². The number of hydrogen-bond acceptors (Lipinski definition) is 5. The highest BCUT2D eigenvalue weighted by Gasteiger charge is 2.40. The average Bonchev–Trinajstić information content (AvgIpc) is 2.77. The second kappa shape index (κ2) is 5.09. The van der Waals surface area contributed by atoms with Crippen molar-refractivity contribution in [3.8, 4) is 0 Å². The summed E-state index contributed by atoms with van der Waals surface area (Å²) in [6, 6.07) is 0. The number of carbonyl (C=O) groups is 1. The summed E-state index contributed by atoms with van der Waals surface area (Å²) in [6.45, 7) is 5.46. The number of amides is 1. The van der Waals surface area contributed by atoms with E-state index in [1.807, 2.05) is 0 Å². The molecule has 2 aliphatic heterocycles. The normalized spacial score (nSPS) is 32.5. The van der Waals surface area contributed by atoms with E-state index in [1.54, 1.807) is 25.1 Å². The average molecular weight is 254 g/mol. The van der Waals surface area contributed by atoms with Gasteiger partial charge in [0.05, 0.1) is 12.7 Å². The van der Waals surface area contributed by atoms with Crippen LogP contribution in [-0.4, -0.2) is 48.1 Å². The third-order valence-corrected chi connectivity index (χ3v) is 3.19. The Bertz CT molecular complexity index is 394. The maximum atomic E-state index is 11.5. The molecule has 1 saturated heterocycles. The van der Waals surface area contributed by atoms with E-state index in [9.17, 15) is 4.79 Å². The van der Waals surface area contributed by atoms with Gasteiger partial charge in [0.2, 0.25) is 0 Å². The lowest BCUT2D eigenvalue weighted by molar-refractivity contribution is -0.120. The topological polar surface area (TPSA) is 71.0 Å². The quantitative estimate of drug-likeness (QED) is 0.737. The molecule has 0 aromatic rings. The lowest BCUT2D eigenvalue weighted by Gasteiger charge is -2.34. The van der Waals surface area contributed by atoms with Gasteiger partial charge in [0.1, 0.15) is 11.9 Å². The Hall–Kier alpha value is -1.37. The first-order chi connectivity index (χ1) is 8.56. The highest BCUT2D eigenvalue weighted by Crippen LogP contribution is 2.29. The number of rotatable bonds is 3. The van der Waals surface area contributed by atoms with Gasteiger partial charge >= 0.3 is 0 Å². The Morgan fingerprint density at radius 3 is 3.06 bits per heavy atom. The zero-order valence-corrected chi connectivity index (χ0v) is 10.5. The fourth-order valence-corrected chi connectivity index (χ4v) is 2.16. The predicted molar refractivity (Wildman–Crippen MR) is 64.0 cm³/mol. The van der Waals surface area contributed by atoms with Gasteiger partial charge in [-0.2, -0.15) is 0 Å². The zero-order chi connectivity index (χ0) is 13.3. The Labute approximate surface area is 106 Å². The molecule has 2 unspecified atom stereocenters. The summed E-state index contributed by atoms with van der Waals surface area (Å²) in [7, 11) is 1.60. The van der Waals surface area contributed by atoms with E-state index in [0.29, 0.717) is 17.8 Å². The second-order valence-electron chi connectivity index (χ2n) is 4.46. The van der Waals surface area contributed by atoms with E-state index in [1.165, 1.54) is 0 Å². The van der Waals surface area contributed by atoms with Gasteiger partial charge in [0.25, 0.3) is 5.91 Å². The van der Waals surface area contributed by atoms with Gasteiger partial charge < -0.3 is 24.8 Å². The zero-order valence-electron chi connectivity index (χ0n) is 10.5. The van der Waals surface area contributed by atoms with Gasteiger partial charge in [0.15, 0.2) is 6.23 Å². The summed E-state index contributed by atoms with van der Waals surface area (Å²) in [5, 5.41) is 11.8. The summed E-state index contributed by atoms with van der Waals surface area (Å²) < 4.78 is 11.1. The summed E-state index contributed by atoms with van der Waals surface area (Å²) in [4.78, 5) is 13.2. The smallest absolute Gasteiger partial charge is 0.253 e. The Morgan fingerprint density at radius 2 is 2.44 bits per heavy atom. The van der Waals surface area contributed by atoms with Crippen molar-refractivity contribution in [3.63, 3.8) is 0 Å². The number of aliphatic hydroxyl groups excluding tert-OH is 1. The summed E-state index contributed by atoms with van der Waals surface area (Å²) in [5.41, 5.74) is 0.577. The van der Waals surface area contributed by atoms with Crippen LogP contribution >= 0.6 is 0 Å². The molecule has 0 aliphatic carbocycles. The molecule has 2 N–H and O–H groups in total. The molecule has 0 aromatic carbocycles. The first-order valence-electron chi connectivity index (χ1n) is 5.83. The van der Waals surface area contributed by atoms with E-state index in [2.05, 4.69) is 11.9 Å². The van der Waals surface area contributed by atoms with Crippen molar-refractivity contribution in [2.45, 2.75) is 31.8 Å². The van der Waals surface area contributed by atoms with Crippen LogP contribution < -0.4 is 5.32 Å². The molecule has 6 heteroatoms. The minimum atomic E-state index is -0.379. The summed E-state index contributed by atoms with van der Waals surface area (Å²) in [5.74, 6) is 0.290. The first-order valence-corrected chi connectivity index (χ1v) is 5.83. The molecule has 0 spiro atoms. The molecule has 18 heavy (non-hydrogen) atoms. The fourth-order valence-electron chi connectivity index (χ4n) is 2.16. The third-order valence-electron chi connectivity index (χ3n) is 3.19. The van der Waals surface area contributed by atoms with Crippen LogP contribution in [0.15, 0.2) is 24.2 Å². The van der Waals surface area contributed by atoms with Gasteiger partial charge in [-0.25, -0.2) is 0 Å². The third kappa shape index (κ3) is 2.27. The van der Waals surface area contributed by atoms with Crippen molar-refractivity contribution in [1.82, 2.24) is 10.2 Å². The van der Waals surface area contributed by atoms with Gasteiger partial charge in [-0.1, -0.05) is 6.58 Å². The van der Waals surface area contributed by atoms with Gasteiger partial charge in [-0.05, 0) is 6.92 Å². The van der Waals surface area contributed by atoms with Crippen molar-refractivity contribution in [2.24, 2.45) is 0 Å². The molecule has 1 fully saturated rings. The lowest BCUT2D eigenvalue weighted by Crippen LogP contribution is -2.46. The van der Waals surface area contributed by atoms with Gasteiger partial charge in [-0.15, -0.1) is 0 Å². The van der Waals surface area contributed by atoms with E-state index >= 15 is 0 Å². The predicted octanol–water partition coefficient (Wildman–Crippen LogP) is -0.0845. The molecule has 1 amide bonds. The fraction of sp³-hybridized carbons (Fsp3) is 0.583. The van der Waals surface area contributed by atoms with Crippen molar-refractivity contribution in [2.75, 3.05) is 13.7 Å². The molecule has 6 nitrogen and oxygen atoms in total. The SMILES string of the molecule is C=C1NC(=O)C(C)=CN1C1OC(CO)C[C@H]1OC. The number of methoxy groups -OCH3 is 1. The number of hydrogen-bond donors (Lipinski definition) is 2. The molecule has 2 heterocycles. The van der Waals surface area contributed by atoms with Crippen LogP contribution in [0.1, 0.15) is 13.3 Å². The molecule has 0 radical (unpaired) electrons. The molecular formula is C12H18N2O4. The molecule has 0 bridgehead atoms. The molecule has 3 atom stereocenters. The van der Waals surface area contributed by atoms with Crippen LogP contribution in [0.3, 0.4) is 0 Å². The Morgan fingerprint density at radius 1 is 1.72 bits per heavy atom. The van der Waals surface area contributed by atoms with E-state index < -0.39 is 0 Å². The second-order valence-corrected chi connectivity index (χ2v) is 4.46. The van der Waals surface area contributed by atoms with Crippen LogP contribution in [0.5, 0.6) is 0 Å². The summed E-state index contributed by atoms with van der Waals surface area (Å²) in [6.07, 6.45) is 1.51. The van der Waals surface area contributed by atoms with E-state index in [0.717, 1.165) is 0 Å². The molecule has 0 aromatic heterocycles. The van der Waals surface area contributed by atoms with Crippen LogP contribution in [-0.2, 0) is 14.3 Å². The van der Waals surface area contributed by atoms with Gasteiger partial charge in [0, 0.05) is 25.3 Å². The van der Waals surface area contributed by atoms with E-state index in [4.69, 9.17) is 14.6 Å². The highest BCUT2D eigenvalue weighted by molar-refractivity contribution is 5.94. The van der Waals surface area contributed by atoms with Crippen LogP contribution in [0.2, 0.25) is 0 Å². The minimum Gasteiger partial charge on any atom is -0.394 e. The standard InChI is InChI=1S/C12H18N2O4/c1-7-5-14(8(2)13-11(7)16)12-10(17-3)4-9(6-15)18-12/h5,9-10,12,15H,2,4,6H2,1,3H3,(H,13,16)/t9?,10-,12?/m1/s1. The highest BCUT2D eigenvalue weighted by atomic mass is 16.6. The number of aliphatic hydroxyl groups is 1. The maximum Gasteiger partial charge on any atom is 0.253 e. The van der Waals surface area contributed by atoms with E-state index in [-0.39, 0.29) is 30.9 Å². The molecular weight excluding hydrogens is 236 g/mol. The number of nitrogens with zero attached hydrogens (tertiary/aromatic N) is 1. The molecule has 2 aliphatic rings. The van der Waals surface area contributed by atoms with Crippen molar-refractivity contribution < 1.29 is 19.4 Å². The molecule has 100 valence electrons. The largest absolute Gasteiger partial charge is 0.394 e. The molecule has 2 rings (SSSR count). The minimum absolute atomic E-state index is 0.0499. The monoisotopic (exact) mass is 254 g/mol. The maximum absolute atomic E-state index is 11.5. The lowest BCUT2D eigenvalue weighted by atomic mass is 10.1. The Balaban J connectivity index is 2.19. The van der Waals surface area contributed by atoms with Crippen LogP contribution in [0.25, 0.3) is 0 Å². The van der Waals surface area contributed by atoms with Gasteiger partial charge in [-0.3, -0.25) is 4.79 Å². The Kier molecular flexibility index (Phi) is 3.70. The van der Waals surface area contributed by atoms with Crippen LogP contribution in [0, 0.1) is 0 Å². The van der Waals surface area contributed by atoms with Crippen LogP contribution in [0.4, 0.5) is 0 Å². The number of ether oxygens (including phenoxy) is 2. The summed E-state index contributed by atoms with van der Waals surface area (Å²) >= 11 is 0. The molecule has 0 saturated carbocycles.